The Morgan fingerprint density at radius 2 is 1.86 bits per heavy atom. The van der Waals surface area contributed by atoms with Gasteiger partial charge in [0.1, 0.15) is 5.70 Å². The van der Waals surface area contributed by atoms with Gasteiger partial charge >= 0.3 is 0 Å². The highest BCUT2D eigenvalue weighted by Crippen LogP contribution is 2.41. The Labute approximate surface area is 172 Å². The molecule has 2 aromatic rings. The summed E-state index contributed by atoms with van der Waals surface area (Å²) in [5, 5.41) is 12.8. The molecule has 0 aromatic heterocycles. The molecule has 28 heavy (non-hydrogen) atoms. The highest BCUT2D eigenvalue weighted by molar-refractivity contribution is 8.13. The number of carbonyl (C=O) groups excluding carboxylic acids is 1. The number of para-hydroxylation sites is 1. The SMILES string of the molecule is O=C1NC(SCc2ccc(Cl)cc2)=NN2C1=c1ccccc1=NC21CCCC1. The summed E-state index contributed by atoms with van der Waals surface area (Å²) in [6.45, 7) is 0. The first-order valence-electron chi connectivity index (χ1n) is 9.41. The van der Waals surface area contributed by atoms with Gasteiger partial charge in [0.2, 0.25) is 0 Å². The molecule has 1 saturated carbocycles. The van der Waals surface area contributed by atoms with Crippen LogP contribution < -0.4 is 15.9 Å². The standard InChI is InChI=1S/C21H19ClN4OS/c22-15-9-7-14(8-10-15)13-28-20-23-19(27)18-16-5-1-2-6-17(16)24-21(26(18)25-20)11-3-4-12-21/h1-2,5-10H,3-4,11-13H2,(H,23,25,27). The first-order chi connectivity index (χ1) is 13.6. The summed E-state index contributed by atoms with van der Waals surface area (Å²) in [4.78, 5) is 18.1. The van der Waals surface area contributed by atoms with Gasteiger partial charge in [-0.05, 0) is 49.4 Å². The summed E-state index contributed by atoms with van der Waals surface area (Å²) in [7, 11) is 0. The molecule has 2 aliphatic heterocycles. The summed E-state index contributed by atoms with van der Waals surface area (Å²) in [6, 6.07) is 15.6. The van der Waals surface area contributed by atoms with E-state index in [4.69, 9.17) is 21.7 Å². The van der Waals surface area contributed by atoms with Gasteiger partial charge < -0.3 is 0 Å². The van der Waals surface area contributed by atoms with Gasteiger partial charge in [-0.1, -0.05) is 53.7 Å². The maximum absolute atomic E-state index is 13.1. The number of fused-ring (bicyclic) bond motifs is 3. The van der Waals surface area contributed by atoms with Gasteiger partial charge in [0, 0.05) is 16.0 Å². The van der Waals surface area contributed by atoms with Crippen LogP contribution in [0.25, 0.3) is 5.70 Å². The van der Waals surface area contributed by atoms with Crippen LogP contribution in [0, 0.1) is 0 Å². The zero-order chi connectivity index (χ0) is 19.1. The minimum absolute atomic E-state index is 0.109. The van der Waals surface area contributed by atoms with Crippen molar-refractivity contribution in [3.05, 3.63) is 69.7 Å². The predicted octanol–water partition coefficient (Wildman–Crippen LogP) is 2.99. The second-order valence-electron chi connectivity index (χ2n) is 7.25. The van der Waals surface area contributed by atoms with Gasteiger partial charge in [0.25, 0.3) is 5.91 Å². The van der Waals surface area contributed by atoms with Crippen LogP contribution in [0.2, 0.25) is 5.02 Å². The highest BCUT2D eigenvalue weighted by Gasteiger charge is 2.46. The number of carbonyl (C=O) groups is 1. The second-order valence-corrected chi connectivity index (χ2v) is 8.65. The monoisotopic (exact) mass is 410 g/mol. The van der Waals surface area contributed by atoms with E-state index in [1.807, 2.05) is 53.5 Å². The maximum Gasteiger partial charge on any atom is 0.276 e. The van der Waals surface area contributed by atoms with Crippen LogP contribution in [0.15, 0.2) is 58.6 Å². The van der Waals surface area contributed by atoms with Crippen molar-refractivity contribution in [2.75, 3.05) is 0 Å². The molecule has 2 heterocycles. The van der Waals surface area contributed by atoms with Crippen LogP contribution in [0.3, 0.4) is 0 Å². The lowest BCUT2D eigenvalue weighted by Gasteiger charge is -2.41. The number of thioether (sulfide) groups is 1. The number of amides is 1. The summed E-state index contributed by atoms with van der Waals surface area (Å²) in [5.41, 5.74) is 1.31. The van der Waals surface area contributed by atoms with Gasteiger partial charge in [-0.25, -0.2) is 5.01 Å². The molecule has 1 amide bonds. The van der Waals surface area contributed by atoms with Crippen LogP contribution in [0.1, 0.15) is 31.2 Å². The smallest absolute Gasteiger partial charge is 0.276 e. The van der Waals surface area contributed by atoms with E-state index in [0.717, 1.165) is 41.8 Å². The number of amidine groups is 1. The molecular formula is C21H19ClN4OS. The number of hydrogen-bond donors (Lipinski definition) is 1. The third-order valence-electron chi connectivity index (χ3n) is 5.41. The van der Waals surface area contributed by atoms with Gasteiger partial charge in [-0.3, -0.25) is 15.1 Å². The molecular weight excluding hydrogens is 392 g/mol. The summed E-state index contributed by atoms with van der Waals surface area (Å²) >= 11 is 7.48. The molecule has 1 N–H and O–H groups in total. The minimum Gasteiger partial charge on any atom is -0.298 e. The van der Waals surface area contributed by atoms with E-state index < -0.39 is 5.66 Å². The predicted molar refractivity (Wildman–Crippen MR) is 112 cm³/mol. The van der Waals surface area contributed by atoms with Crippen molar-refractivity contribution in [3.8, 4) is 0 Å². The molecule has 5 nitrogen and oxygen atoms in total. The molecule has 1 aliphatic carbocycles. The van der Waals surface area contributed by atoms with Crippen LogP contribution in [0.4, 0.5) is 0 Å². The van der Waals surface area contributed by atoms with Crippen molar-refractivity contribution < 1.29 is 4.79 Å². The average Bonchev–Trinajstić information content (AvgIpc) is 3.17. The van der Waals surface area contributed by atoms with Crippen molar-refractivity contribution in [1.82, 2.24) is 10.3 Å². The van der Waals surface area contributed by atoms with E-state index in [-0.39, 0.29) is 5.91 Å². The molecule has 5 rings (SSSR count). The maximum atomic E-state index is 13.1. The quantitative estimate of drug-likeness (QED) is 0.828. The van der Waals surface area contributed by atoms with E-state index >= 15 is 0 Å². The van der Waals surface area contributed by atoms with Crippen LogP contribution >= 0.6 is 23.4 Å². The molecule has 0 bridgehead atoms. The zero-order valence-electron chi connectivity index (χ0n) is 15.2. The first kappa shape index (κ1) is 17.8. The fraction of sp³-hybridized carbons (Fsp3) is 0.286. The number of rotatable bonds is 2. The normalized spacial score (nSPS) is 19.6. The van der Waals surface area contributed by atoms with Crippen LogP contribution in [-0.4, -0.2) is 21.7 Å². The Balaban J connectivity index is 1.53. The summed E-state index contributed by atoms with van der Waals surface area (Å²) in [5.74, 6) is 0.599. The number of hydrazone groups is 1. The Kier molecular flexibility index (Phi) is 4.40. The molecule has 1 spiro atoms. The Morgan fingerprint density at radius 3 is 2.64 bits per heavy atom. The van der Waals surface area contributed by atoms with Gasteiger partial charge in [-0.2, -0.15) is 0 Å². The molecule has 0 saturated heterocycles. The van der Waals surface area contributed by atoms with Crippen molar-refractivity contribution >= 4 is 40.1 Å². The third-order valence-corrected chi connectivity index (χ3v) is 6.60. The van der Waals surface area contributed by atoms with E-state index in [9.17, 15) is 4.79 Å². The highest BCUT2D eigenvalue weighted by atomic mass is 35.5. The molecule has 1 fully saturated rings. The number of hydrogen-bond acceptors (Lipinski definition) is 5. The molecule has 142 valence electrons. The Morgan fingerprint density at radius 1 is 1.11 bits per heavy atom. The number of halogens is 1. The van der Waals surface area contributed by atoms with Crippen LogP contribution in [0.5, 0.6) is 0 Å². The molecule has 3 aliphatic rings. The lowest BCUT2D eigenvalue weighted by Crippen LogP contribution is -2.57. The van der Waals surface area contributed by atoms with E-state index in [0.29, 0.717) is 21.6 Å². The van der Waals surface area contributed by atoms with Gasteiger partial charge in [0.15, 0.2) is 10.8 Å². The lowest BCUT2D eigenvalue weighted by atomic mass is 10.0. The van der Waals surface area contributed by atoms with Crippen molar-refractivity contribution in [2.24, 2.45) is 10.1 Å². The van der Waals surface area contributed by atoms with Crippen LogP contribution in [-0.2, 0) is 10.5 Å². The van der Waals surface area contributed by atoms with Crippen molar-refractivity contribution in [3.63, 3.8) is 0 Å². The van der Waals surface area contributed by atoms with Gasteiger partial charge in [-0.15, -0.1) is 5.10 Å². The van der Waals surface area contributed by atoms with Gasteiger partial charge in [0.05, 0.1) is 5.36 Å². The minimum atomic E-state index is -0.437. The van der Waals surface area contributed by atoms with E-state index in [1.165, 1.54) is 11.8 Å². The fourth-order valence-corrected chi connectivity index (χ4v) is 4.99. The first-order valence-corrected chi connectivity index (χ1v) is 10.8. The average molecular weight is 411 g/mol. The Hall–Kier alpha value is -2.31. The summed E-state index contributed by atoms with van der Waals surface area (Å²) in [6.07, 6.45) is 4.02. The van der Waals surface area contributed by atoms with Crippen molar-refractivity contribution in [1.29, 1.82) is 0 Å². The zero-order valence-corrected chi connectivity index (χ0v) is 16.8. The lowest BCUT2D eigenvalue weighted by molar-refractivity contribution is -0.116. The van der Waals surface area contributed by atoms with Crippen molar-refractivity contribution in [2.45, 2.75) is 37.1 Å². The van der Waals surface area contributed by atoms with E-state index in [1.54, 1.807) is 0 Å². The largest absolute Gasteiger partial charge is 0.298 e. The summed E-state index contributed by atoms with van der Waals surface area (Å²) < 4.78 is 0. The third kappa shape index (κ3) is 3.01. The van der Waals surface area contributed by atoms with E-state index in [2.05, 4.69) is 5.32 Å². The fourth-order valence-electron chi connectivity index (χ4n) is 4.06. The second kappa shape index (κ2) is 6.94. The number of benzene rings is 2. The number of nitrogens with zero attached hydrogens (tertiary/aromatic N) is 3. The molecule has 0 unspecified atom stereocenters. The molecule has 0 radical (unpaired) electrons. The molecule has 2 aromatic carbocycles. The molecule has 0 atom stereocenters. The number of nitrogens with one attached hydrogen (secondary N) is 1. The Bertz CT molecular complexity index is 1090. The topological polar surface area (TPSA) is 57.1 Å². The molecule has 7 heteroatoms.